The number of phosphoric acid groups is 1. The number of unbranched alkanes of at least 4 members (excludes halogenated alkanes) is 8. The molecule has 35 heavy (non-hydrogen) atoms. The van der Waals surface area contributed by atoms with Gasteiger partial charge in [-0.1, -0.05) is 51.2 Å². The molecule has 0 aromatic carbocycles. The van der Waals surface area contributed by atoms with Gasteiger partial charge in [0.1, 0.15) is 12.7 Å². The van der Waals surface area contributed by atoms with Crippen LogP contribution < -0.4 is 5.32 Å². The van der Waals surface area contributed by atoms with Crippen LogP contribution in [0.2, 0.25) is 0 Å². The fourth-order valence-corrected chi connectivity index (χ4v) is 3.70. The van der Waals surface area contributed by atoms with Gasteiger partial charge in [0.15, 0.2) is 6.04 Å². The Labute approximate surface area is 207 Å². The standard InChI is InChI=1S/C23H42NO10P/c1-3-4-5-6-7-8-9-10-11-12-13-14-15-22(27)32-16-20(26)17-33-35(30,31)34-18-21(23(28)29)24-19(2)25/h7-8,20-21,26H,3-6,9-18H2,1-2H3,(H,24,25)(H,28,29)(H,30,31)/b8-7-. The highest BCUT2D eigenvalue weighted by Gasteiger charge is 2.28. The molecule has 1 amide bonds. The van der Waals surface area contributed by atoms with E-state index in [4.69, 9.17) is 9.84 Å². The van der Waals surface area contributed by atoms with Crippen molar-refractivity contribution < 1.29 is 47.8 Å². The van der Waals surface area contributed by atoms with E-state index in [0.717, 1.165) is 45.4 Å². The summed E-state index contributed by atoms with van der Waals surface area (Å²) in [5.41, 5.74) is 0. The van der Waals surface area contributed by atoms with Gasteiger partial charge in [-0.25, -0.2) is 9.36 Å². The quantitative estimate of drug-likeness (QED) is 0.0713. The molecule has 0 bridgehead atoms. The first-order valence-electron chi connectivity index (χ1n) is 12.2. The van der Waals surface area contributed by atoms with Gasteiger partial charge in [-0.2, -0.15) is 0 Å². The van der Waals surface area contributed by atoms with Gasteiger partial charge in [0.05, 0.1) is 13.2 Å². The summed E-state index contributed by atoms with van der Waals surface area (Å²) < 4.78 is 25.8. The second-order valence-electron chi connectivity index (χ2n) is 8.26. The Kier molecular flexibility index (Phi) is 19.4. The van der Waals surface area contributed by atoms with Crippen molar-refractivity contribution in [2.45, 2.75) is 96.6 Å². The summed E-state index contributed by atoms with van der Waals surface area (Å²) in [5.74, 6) is -2.60. The molecule has 0 radical (unpaired) electrons. The molecule has 11 nitrogen and oxygen atoms in total. The largest absolute Gasteiger partial charge is 0.480 e. The predicted octanol–water partition coefficient (Wildman–Crippen LogP) is 3.48. The Bertz CT molecular complexity index is 685. The van der Waals surface area contributed by atoms with Crippen LogP contribution in [0, 0.1) is 0 Å². The molecule has 0 aliphatic rings. The number of carbonyl (C=O) groups excluding carboxylic acids is 2. The monoisotopic (exact) mass is 523 g/mol. The highest BCUT2D eigenvalue weighted by molar-refractivity contribution is 7.47. The van der Waals surface area contributed by atoms with Crippen LogP contribution in [0.3, 0.4) is 0 Å². The van der Waals surface area contributed by atoms with Crippen molar-refractivity contribution in [3.05, 3.63) is 12.2 Å². The molecule has 0 aromatic rings. The molecule has 0 saturated heterocycles. The number of nitrogens with one attached hydrogen (secondary N) is 1. The van der Waals surface area contributed by atoms with Crippen molar-refractivity contribution in [2.75, 3.05) is 19.8 Å². The number of esters is 1. The number of amides is 1. The molecule has 204 valence electrons. The number of aliphatic hydroxyl groups is 1. The minimum atomic E-state index is -4.69. The zero-order valence-corrected chi connectivity index (χ0v) is 21.7. The van der Waals surface area contributed by atoms with Gasteiger partial charge in [-0.3, -0.25) is 18.6 Å². The van der Waals surface area contributed by atoms with Crippen LogP contribution in [-0.2, 0) is 32.7 Å². The van der Waals surface area contributed by atoms with E-state index in [1.165, 1.54) is 19.3 Å². The Balaban J connectivity index is 3.86. The number of carboxylic acids is 1. The molecule has 12 heteroatoms. The van der Waals surface area contributed by atoms with Crippen molar-refractivity contribution in [1.82, 2.24) is 5.32 Å². The Morgan fingerprint density at radius 1 is 0.914 bits per heavy atom. The topological polar surface area (TPSA) is 169 Å². The fourth-order valence-electron chi connectivity index (χ4n) is 2.93. The van der Waals surface area contributed by atoms with Crippen LogP contribution in [0.4, 0.5) is 0 Å². The van der Waals surface area contributed by atoms with Gasteiger partial charge in [0.2, 0.25) is 5.91 Å². The second-order valence-corrected chi connectivity index (χ2v) is 9.72. The van der Waals surface area contributed by atoms with E-state index in [9.17, 15) is 28.9 Å². The van der Waals surface area contributed by atoms with Gasteiger partial charge in [-0.15, -0.1) is 0 Å². The number of rotatable bonds is 22. The molecule has 0 heterocycles. The SMILES string of the molecule is CCCCC/C=C\CCCCCCCC(=O)OCC(O)COP(=O)(O)OCC(NC(C)=O)C(=O)O. The van der Waals surface area contributed by atoms with Gasteiger partial charge >= 0.3 is 19.8 Å². The molecule has 0 fully saturated rings. The summed E-state index contributed by atoms with van der Waals surface area (Å²) in [7, 11) is -4.69. The lowest BCUT2D eigenvalue weighted by atomic mass is 10.1. The van der Waals surface area contributed by atoms with Crippen LogP contribution >= 0.6 is 7.82 Å². The van der Waals surface area contributed by atoms with Crippen molar-refractivity contribution in [1.29, 1.82) is 0 Å². The number of carbonyl (C=O) groups is 3. The van der Waals surface area contributed by atoms with Gasteiger partial charge < -0.3 is 25.2 Å². The maximum Gasteiger partial charge on any atom is 0.472 e. The van der Waals surface area contributed by atoms with E-state index in [1.807, 2.05) is 5.32 Å². The zero-order valence-electron chi connectivity index (χ0n) is 20.9. The maximum absolute atomic E-state index is 11.8. The van der Waals surface area contributed by atoms with E-state index in [1.54, 1.807) is 0 Å². The summed E-state index contributed by atoms with van der Waals surface area (Å²) in [4.78, 5) is 43.2. The first-order valence-corrected chi connectivity index (χ1v) is 13.7. The number of hydrogen-bond acceptors (Lipinski definition) is 8. The van der Waals surface area contributed by atoms with Crippen molar-refractivity contribution in [2.24, 2.45) is 0 Å². The van der Waals surface area contributed by atoms with Crippen LogP contribution in [0.5, 0.6) is 0 Å². The Hall–Kier alpha value is -1.78. The van der Waals surface area contributed by atoms with Gasteiger partial charge in [-0.05, 0) is 32.1 Å². The van der Waals surface area contributed by atoms with Crippen molar-refractivity contribution in [3.63, 3.8) is 0 Å². The molecular formula is C23H42NO10P. The lowest BCUT2D eigenvalue weighted by Gasteiger charge is -2.18. The summed E-state index contributed by atoms with van der Waals surface area (Å²) in [6, 6.07) is -1.54. The fraction of sp³-hybridized carbons (Fsp3) is 0.783. The molecule has 0 aromatic heterocycles. The van der Waals surface area contributed by atoms with E-state index < -0.39 is 57.6 Å². The summed E-state index contributed by atoms with van der Waals surface area (Å²) >= 11 is 0. The normalized spacial score (nSPS) is 14.9. The number of carboxylic acid groups (broad SMARTS) is 1. The Morgan fingerprint density at radius 3 is 2.09 bits per heavy atom. The molecule has 0 aliphatic carbocycles. The van der Waals surface area contributed by atoms with Gasteiger partial charge in [0, 0.05) is 13.3 Å². The molecule has 0 saturated carbocycles. The molecule has 0 rings (SSSR count). The van der Waals surface area contributed by atoms with Gasteiger partial charge in [0.25, 0.3) is 0 Å². The summed E-state index contributed by atoms with van der Waals surface area (Å²) in [5, 5.41) is 20.7. The first-order chi connectivity index (χ1) is 16.6. The minimum Gasteiger partial charge on any atom is -0.480 e. The number of phosphoric ester groups is 1. The number of hydrogen-bond donors (Lipinski definition) is 4. The van der Waals surface area contributed by atoms with E-state index in [0.29, 0.717) is 6.42 Å². The maximum atomic E-state index is 11.8. The smallest absolute Gasteiger partial charge is 0.472 e. The summed E-state index contributed by atoms with van der Waals surface area (Å²) in [6.07, 6.45) is 14.2. The third-order valence-corrected chi connectivity index (χ3v) is 5.79. The van der Waals surface area contributed by atoms with E-state index >= 15 is 0 Å². The third-order valence-electron chi connectivity index (χ3n) is 4.84. The Morgan fingerprint density at radius 2 is 1.49 bits per heavy atom. The molecule has 0 spiro atoms. The van der Waals surface area contributed by atoms with Crippen LogP contribution in [-0.4, -0.2) is 64.9 Å². The van der Waals surface area contributed by atoms with Crippen LogP contribution in [0.1, 0.15) is 84.5 Å². The van der Waals surface area contributed by atoms with Crippen LogP contribution in [0.15, 0.2) is 12.2 Å². The third kappa shape index (κ3) is 21.2. The highest BCUT2D eigenvalue weighted by Crippen LogP contribution is 2.43. The van der Waals surface area contributed by atoms with E-state index in [2.05, 4.69) is 28.1 Å². The molecule has 4 N–H and O–H groups in total. The molecule has 0 aliphatic heterocycles. The lowest BCUT2D eigenvalue weighted by Crippen LogP contribution is -2.42. The average molecular weight is 524 g/mol. The van der Waals surface area contributed by atoms with Crippen molar-refractivity contribution >= 4 is 25.7 Å². The molecular weight excluding hydrogens is 481 g/mol. The number of aliphatic carboxylic acids is 1. The highest BCUT2D eigenvalue weighted by atomic mass is 31.2. The second kappa shape index (κ2) is 20.4. The molecule has 3 unspecified atom stereocenters. The first kappa shape index (κ1) is 33.2. The van der Waals surface area contributed by atoms with E-state index in [-0.39, 0.29) is 6.42 Å². The number of ether oxygens (including phenoxy) is 1. The predicted molar refractivity (Wildman–Crippen MR) is 130 cm³/mol. The lowest BCUT2D eigenvalue weighted by molar-refractivity contribution is -0.147. The number of allylic oxidation sites excluding steroid dienone is 2. The summed E-state index contributed by atoms with van der Waals surface area (Å²) in [6.45, 7) is 1.36. The average Bonchev–Trinajstić information content (AvgIpc) is 2.79. The molecule has 3 atom stereocenters. The zero-order chi connectivity index (χ0) is 26.5. The number of aliphatic hydroxyl groups excluding tert-OH is 1. The van der Waals surface area contributed by atoms with Crippen LogP contribution in [0.25, 0.3) is 0 Å². The van der Waals surface area contributed by atoms with Crippen molar-refractivity contribution in [3.8, 4) is 0 Å². The minimum absolute atomic E-state index is 0.215.